The fraction of sp³-hybridized carbons (Fsp3) is 0.300. The van der Waals surface area contributed by atoms with E-state index in [1.165, 1.54) is 0 Å². The van der Waals surface area contributed by atoms with Gasteiger partial charge in [-0.3, -0.25) is 4.79 Å². The van der Waals surface area contributed by atoms with Gasteiger partial charge >= 0.3 is 12.4 Å². The fourth-order valence-corrected chi connectivity index (χ4v) is 1.84. The van der Waals surface area contributed by atoms with Crippen molar-refractivity contribution in [1.29, 1.82) is 0 Å². The number of halogens is 7. The Balaban J connectivity index is 3.57. The number of hydrogen-bond donors (Lipinski definition) is 0. The molecule has 0 amide bonds. The van der Waals surface area contributed by atoms with Crippen LogP contribution in [0.4, 0.5) is 26.3 Å². The number of carbonyl (C=O) groups is 1. The Morgan fingerprint density at radius 2 is 1.50 bits per heavy atom. The molecule has 0 atom stereocenters. The summed E-state index contributed by atoms with van der Waals surface area (Å²) in [6.45, 7) is 0. The first-order chi connectivity index (χ1) is 8.11. The van der Waals surface area contributed by atoms with E-state index in [4.69, 9.17) is 0 Å². The molecule has 0 aliphatic carbocycles. The second-order valence-electron chi connectivity index (χ2n) is 3.34. The first-order valence-electron chi connectivity index (χ1n) is 4.43. The molecule has 0 fully saturated rings. The lowest BCUT2D eigenvalue weighted by molar-refractivity contribution is -0.141. The van der Waals surface area contributed by atoms with E-state index in [1.807, 2.05) is 0 Å². The van der Waals surface area contributed by atoms with Gasteiger partial charge in [0.25, 0.3) is 0 Å². The molecule has 100 valence electrons. The Morgan fingerprint density at radius 1 is 1.00 bits per heavy atom. The average Bonchev–Trinajstić information content (AvgIpc) is 2.24. The lowest BCUT2D eigenvalue weighted by Gasteiger charge is -2.16. The monoisotopic (exact) mass is 334 g/mol. The second kappa shape index (κ2) is 4.91. The van der Waals surface area contributed by atoms with Gasteiger partial charge in [-0.2, -0.15) is 26.3 Å². The highest BCUT2D eigenvalue weighted by Crippen LogP contribution is 2.39. The van der Waals surface area contributed by atoms with Crippen LogP contribution in [0.15, 0.2) is 12.1 Å². The highest BCUT2D eigenvalue weighted by Gasteiger charge is 2.39. The molecular weight excluding hydrogens is 330 g/mol. The Kier molecular flexibility index (Phi) is 4.09. The maximum absolute atomic E-state index is 12.6. The normalized spacial score (nSPS) is 12.6. The number of benzene rings is 1. The van der Waals surface area contributed by atoms with Gasteiger partial charge in [-0.25, -0.2) is 0 Å². The van der Waals surface area contributed by atoms with Crippen molar-refractivity contribution in [2.75, 3.05) is 0 Å². The molecule has 0 saturated heterocycles. The highest BCUT2D eigenvalue weighted by molar-refractivity contribution is 9.08. The van der Waals surface area contributed by atoms with Gasteiger partial charge in [-0.15, -0.1) is 0 Å². The standard InChI is InChI=1S/C10H5BrF6O/c11-3-5-1-8(10(15,16)17)6(4-18)2-7(5)9(12,13)14/h1-2,4H,3H2. The summed E-state index contributed by atoms with van der Waals surface area (Å²) in [5.74, 6) is 0. The number of hydrogen-bond acceptors (Lipinski definition) is 1. The van der Waals surface area contributed by atoms with Gasteiger partial charge in [0.1, 0.15) is 0 Å². The van der Waals surface area contributed by atoms with Gasteiger partial charge in [-0.1, -0.05) is 15.9 Å². The molecule has 0 aliphatic heterocycles. The molecule has 0 unspecified atom stereocenters. The molecule has 1 nitrogen and oxygen atoms in total. The second-order valence-corrected chi connectivity index (χ2v) is 3.90. The largest absolute Gasteiger partial charge is 0.417 e. The molecule has 0 aromatic heterocycles. The summed E-state index contributed by atoms with van der Waals surface area (Å²) in [6, 6.07) is 0.549. The van der Waals surface area contributed by atoms with Crippen LogP contribution in [0.3, 0.4) is 0 Å². The number of carbonyl (C=O) groups excluding carboxylic acids is 1. The van der Waals surface area contributed by atoms with Crippen LogP contribution in [0.5, 0.6) is 0 Å². The Hall–Kier alpha value is -1.05. The predicted octanol–water partition coefficient (Wildman–Crippen LogP) is 4.43. The van der Waals surface area contributed by atoms with Crippen molar-refractivity contribution in [3.05, 3.63) is 34.4 Å². The van der Waals surface area contributed by atoms with Crippen LogP contribution in [0.25, 0.3) is 0 Å². The SMILES string of the molecule is O=Cc1cc(C(F)(F)F)c(CBr)cc1C(F)(F)F. The summed E-state index contributed by atoms with van der Waals surface area (Å²) >= 11 is 2.69. The number of rotatable bonds is 2. The lowest BCUT2D eigenvalue weighted by atomic mass is 9.99. The molecule has 8 heteroatoms. The van der Waals surface area contributed by atoms with Crippen molar-refractivity contribution in [3.63, 3.8) is 0 Å². The van der Waals surface area contributed by atoms with Gasteiger partial charge in [0.15, 0.2) is 6.29 Å². The van der Waals surface area contributed by atoms with Crippen molar-refractivity contribution < 1.29 is 31.1 Å². The molecule has 0 N–H and O–H groups in total. The van der Waals surface area contributed by atoms with Crippen molar-refractivity contribution in [3.8, 4) is 0 Å². The third-order valence-electron chi connectivity index (χ3n) is 2.16. The zero-order chi connectivity index (χ0) is 14.1. The van der Waals surface area contributed by atoms with Gasteiger partial charge in [0.2, 0.25) is 0 Å². The molecule has 0 radical (unpaired) electrons. The van der Waals surface area contributed by atoms with Crippen LogP contribution in [0.1, 0.15) is 27.0 Å². The first kappa shape index (κ1) is 15.0. The quantitative estimate of drug-likeness (QED) is 0.444. The van der Waals surface area contributed by atoms with Crippen molar-refractivity contribution in [2.45, 2.75) is 17.7 Å². The predicted molar refractivity (Wildman–Crippen MR) is 54.5 cm³/mol. The smallest absolute Gasteiger partial charge is 0.298 e. The topological polar surface area (TPSA) is 17.1 Å². The fourth-order valence-electron chi connectivity index (χ4n) is 1.38. The van der Waals surface area contributed by atoms with Crippen molar-refractivity contribution >= 4 is 22.2 Å². The van der Waals surface area contributed by atoms with Gasteiger partial charge in [-0.05, 0) is 17.7 Å². The molecule has 0 spiro atoms. The van der Waals surface area contributed by atoms with Crippen LogP contribution in [0.2, 0.25) is 0 Å². The van der Waals surface area contributed by atoms with E-state index in [2.05, 4.69) is 15.9 Å². The van der Waals surface area contributed by atoms with E-state index in [-0.39, 0.29) is 12.4 Å². The van der Waals surface area contributed by atoms with E-state index < -0.39 is 39.9 Å². The van der Waals surface area contributed by atoms with E-state index in [0.29, 0.717) is 6.07 Å². The van der Waals surface area contributed by atoms with Crippen LogP contribution in [-0.2, 0) is 17.7 Å². The number of alkyl halides is 7. The molecule has 0 aliphatic rings. The minimum absolute atomic E-state index is 0.215. The molecule has 1 rings (SSSR count). The zero-order valence-electron chi connectivity index (χ0n) is 8.49. The van der Waals surface area contributed by atoms with Crippen molar-refractivity contribution in [1.82, 2.24) is 0 Å². The highest BCUT2D eigenvalue weighted by atomic mass is 79.9. The lowest BCUT2D eigenvalue weighted by Crippen LogP contribution is -2.15. The average molecular weight is 335 g/mol. The van der Waals surface area contributed by atoms with Crippen molar-refractivity contribution in [2.24, 2.45) is 0 Å². The van der Waals surface area contributed by atoms with Crippen LogP contribution >= 0.6 is 15.9 Å². The van der Waals surface area contributed by atoms with E-state index in [9.17, 15) is 31.1 Å². The molecule has 0 bridgehead atoms. The summed E-state index contributed by atoms with van der Waals surface area (Å²) in [5.41, 5.74) is -4.23. The Bertz CT molecular complexity index is 463. The summed E-state index contributed by atoms with van der Waals surface area (Å²) in [7, 11) is 0. The number of aldehydes is 1. The van der Waals surface area contributed by atoms with E-state index in [1.54, 1.807) is 0 Å². The molecule has 18 heavy (non-hydrogen) atoms. The first-order valence-corrected chi connectivity index (χ1v) is 5.56. The van der Waals surface area contributed by atoms with Crippen LogP contribution in [-0.4, -0.2) is 6.29 Å². The van der Waals surface area contributed by atoms with Gasteiger partial charge < -0.3 is 0 Å². The third-order valence-corrected chi connectivity index (χ3v) is 2.76. The molecule has 1 aromatic rings. The maximum Gasteiger partial charge on any atom is 0.417 e. The molecule has 0 saturated carbocycles. The maximum atomic E-state index is 12.6. The van der Waals surface area contributed by atoms with E-state index >= 15 is 0 Å². The van der Waals surface area contributed by atoms with Crippen LogP contribution in [0, 0.1) is 0 Å². The Morgan fingerprint density at radius 3 is 1.83 bits per heavy atom. The summed E-state index contributed by atoms with van der Waals surface area (Å²) in [5, 5.41) is -0.399. The van der Waals surface area contributed by atoms with Gasteiger partial charge in [0.05, 0.1) is 11.1 Å². The minimum Gasteiger partial charge on any atom is -0.298 e. The van der Waals surface area contributed by atoms with Crippen LogP contribution < -0.4 is 0 Å². The summed E-state index contributed by atoms with van der Waals surface area (Å²) in [4.78, 5) is 10.5. The minimum atomic E-state index is -4.88. The molecule has 0 heterocycles. The molecular formula is C10H5BrF6O. The van der Waals surface area contributed by atoms with E-state index in [0.717, 1.165) is 0 Å². The third kappa shape index (κ3) is 3.04. The summed E-state index contributed by atoms with van der Waals surface area (Å²) in [6.07, 6.45) is -9.93. The zero-order valence-corrected chi connectivity index (χ0v) is 10.1. The Labute approximate surface area is 106 Å². The van der Waals surface area contributed by atoms with Gasteiger partial charge in [0, 0.05) is 10.9 Å². The molecule has 1 aromatic carbocycles. The summed E-state index contributed by atoms with van der Waals surface area (Å²) < 4.78 is 75.3.